The van der Waals surface area contributed by atoms with Crippen LogP contribution in [-0.2, 0) is 11.2 Å². The molecule has 11 nitrogen and oxygen atoms in total. The number of fused-ring (bicyclic) bond motifs is 1. The highest BCUT2D eigenvalue weighted by molar-refractivity contribution is 5.72. The second-order valence-corrected chi connectivity index (χ2v) is 7.02. The van der Waals surface area contributed by atoms with Crippen molar-refractivity contribution in [2.45, 2.75) is 37.3 Å². The molecule has 0 saturated carbocycles. The lowest BCUT2D eigenvalue weighted by Gasteiger charge is -2.33. The normalized spacial score (nSPS) is 28.4. The maximum Gasteiger partial charge on any atom is 0.277 e. The molecule has 4 rings (SSSR count). The zero-order valence-corrected chi connectivity index (χ0v) is 15.5. The van der Waals surface area contributed by atoms with Gasteiger partial charge in [-0.2, -0.15) is 4.98 Å². The van der Waals surface area contributed by atoms with Crippen LogP contribution < -0.4 is 26.8 Å². The number of anilines is 3. The minimum Gasteiger partial charge on any atom is -0.394 e. The maximum atomic E-state index is 12.3. The Bertz CT molecular complexity index is 909. The number of rotatable bonds is 6. The van der Waals surface area contributed by atoms with Gasteiger partial charge >= 0.3 is 0 Å². The minimum absolute atomic E-state index is 0.0859. The molecule has 0 radical (unpaired) electrons. The Morgan fingerprint density at radius 2 is 2.00 bits per heavy atom. The summed E-state index contributed by atoms with van der Waals surface area (Å²) in [5.74, 6) is 0.107. The Balaban J connectivity index is 1.58. The van der Waals surface area contributed by atoms with Crippen molar-refractivity contribution in [1.29, 1.82) is 0 Å². The average molecular weight is 404 g/mol. The van der Waals surface area contributed by atoms with E-state index in [1.54, 1.807) is 0 Å². The largest absolute Gasteiger partial charge is 0.394 e. The number of aliphatic hydroxyl groups excluding tert-OH is 3. The first-order chi connectivity index (χ1) is 14.0. The third-order valence-electron chi connectivity index (χ3n) is 5.11. The van der Waals surface area contributed by atoms with Gasteiger partial charge in [-0.15, -0.1) is 0 Å². The van der Waals surface area contributed by atoms with Gasteiger partial charge in [0.2, 0.25) is 5.95 Å². The fourth-order valence-electron chi connectivity index (χ4n) is 3.65. The molecule has 0 amide bonds. The summed E-state index contributed by atoms with van der Waals surface area (Å²) in [7, 11) is 0. The molecule has 1 fully saturated rings. The Morgan fingerprint density at radius 3 is 2.69 bits per heavy atom. The van der Waals surface area contributed by atoms with Crippen LogP contribution in [0.25, 0.3) is 0 Å². The molecule has 156 valence electrons. The molecular formula is C18H24N6O5. The standard InChI is InChI=1S/C18H24N6O5/c19-17-22-14-11(15(28)23-17)21-18(20-7-6-9-4-2-1-3-5-9)24(14)16-13(27)12(26)10(8-25)29-16/h1-5,10,12-13,16,18,20-21,25-27H,6-8H2,(H3,19,22,23,28)/t10-,12+,13+,16-,18-/m0/s1. The molecule has 1 aromatic carbocycles. The van der Waals surface area contributed by atoms with Gasteiger partial charge in [0.1, 0.15) is 24.0 Å². The third kappa shape index (κ3) is 3.66. The SMILES string of the molecule is Nc1nc2c(c(=O)[nH]1)N[C@H](NCCc1ccccc1)N2[C@H]1O[C@@H](CO)[C@@H](O)[C@H]1O. The van der Waals surface area contributed by atoms with Gasteiger partial charge < -0.3 is 31.1 Å². The lowest BCUT2D eigenvalue weighted by Crippen LogP contribution is -2.56. The second-order valence-electron chi connectivity index (χ2n) is 7.02. The van der Waals surface area contributed by atoms with E-state index in [-0.39, 0.29) is 17.5 Å². The summed E-state index contributed by atoms with van der Waals surface area (Å²) >= 11 is 0. The highest BCUT2D eigenvalue weighted by Gasteiger charge is 2.50. The van der Waals surface area contributed by atoms with Crippen molar-refractivity contribution >= 4 is 17.5 Å². The fourth-order valence-corrected chi connectivity index (χ4v) is 3.65. The molecule has 2 aromatic rings. The van der Waals surface area contributed by atoms with Crippen LogP contribution in [-0.4, -0.2) is 69.3 Å². The zero-order valence-electron chi connectivity index (χ0n) is 15.5. The van der Waals surface area contributed by atoms with E-state index in [1.807, 2.05) is 30.3 Å². The summed E-state index contributed by atoms with van der Waals surface area (Å²) in [6, 6.07) is 9.87. The molecule has 8 N–H and O–H groups in total. The first-order valence-electron chi connectivity index (χ1n) is 9.34. The highest BCUT2D eigenvalue weighted by Crippen LogP contribution is 2.35. The van der Waals surface area contributed by atoms with E-state index in [0.29, 0.717) is 6.54 Å². The van der Waals surface area contributed by atoms with Crippen LogP contribution >= 0.6 is 0 Å². The molecule has 3 heterocycles. The molecular weight excluding hydrogens is 380 g/mol. The molecule has 1 saturated heterocycles. The number of aromatic nitrogens is 2. The molecule has 0 aliphatic carbocycles. The summed E-state index contributed by atoms with van der Waals surface area (Å²) in [6.45, 7) is 0.0915. The van der Waals surface area contributed by atoms with Crippen molar-refractivity contribution in [3.8, 4) is 0 Å². The Labute approximate surface area is 166 Å². The molecule has 1 aromatic heterocycles. The Kier molecular flexibility index (Phi) is 5.39. The smallest absolute Gasteiger partial charge is 0.277 e. The summed E-state index contributed by atoms with van der Waals surface area (Å²) in [5.41, 5.74) is 6.54. The number of H-pyrrole nitrogens is 1. The van der Waals surface area contributed by atoms with Gasteiger partial charge in [0.15, 0.2) is 18.3 Å². The number of aromatic amines is 1. The van der Waals surface area contributed by atoms with Crippen molar-refractivity contribution in [3.05, 3.63) is 46.2 Å². The number of nitrogens with two attached hydrogens (primary N) is 1. The lowest BCUT2D eigenvalue weighted by molar-refractivity contribution is -0.0245. The molecule has 0 spiro atoms. The average Bonchev–Trinajstić information content (AvgIpc) is 3.20. The number of hydrogen-bond donors (Lipinski definition) is 7. The topological polar surface area (TPSA) is 169 Å². The predicted molar refractivity (Wildman–Crippen MR) is 105 cm³/mol. The lowest BCUT2D eigenvalue weighted by atomic mass is 10.1. The molecule has 2 aliphatic rings. The van der Waals surface area contributed by atoms with E-state index in [9.17, 15) is 20.1 Å². The van der Waals surface area contributed by atoms with Gasteiger partial charge in [0, 0.05) is 6.54 Å². The summed E-state index contributed by atoms with van der Waals surface area (Å²) < 4.78 is 5.65. The highest BCUT2D eigenvalue weighted by atomic mass is 16.6. The molecule has 11 heteroatoms. The molecule has 0 bridgehead atoms. The van der Waals surface area contributed by atoms with Crippen LogP contribution in [0.15, 0.2) is 35.1 Å². The summed E-state index contributed by atoms with van der Waals surface area (Å²) in [5, 5.41) is 36.3. The van der Waals surface area contributed by atoms with E-state index >= 15 is 0 Å². The number of ether oxygens (including phenoxy) is 1. The van der Waals surface area contributed by atoms with Gasteiger partial charge in [0.25, 0.3) is 5.56 Å². The fraction of sp³-hybridized carbons (Fsp3) is 0.444. The minimum atomic E-state index is -1.32. The van der Waals surface area contributed by atoms with Gasteiger partial charge in [-0.25, -0.2) is 0 Å². The first kappa shape index (κ1) is 19.6. The summed E-state index contributed by atoms with van der Waals surface area (Å²) in [6.07, 6.45) is -4.51. The van der Waals surface area contributed by atoms with E-state index in [0.717, 1.165) is 12.0 Å². The van der Waals surface area contributed by atoms with Crippen molar-refractivity contribution in [1.82, 2.24) is 15.3 Å². The van der Waals surface area contributed by atoms with E-state index in [2.05, 4.69) is 20.6 Å². The van der Waals surface area contributed by atoms with Gasteiger partial charge in [-0.05, 0) is 12.0 Å². The van der Waals surface area contributed by atoms with Gasteiger partial charge in [0.05, 0.1) is 6.61 Å². The van der Waals surface area contributed by atoms with Crippen LogP contribution in [0, 0.1) is 0 Å². The summed E-state index contributed by atoms with van der Waals surface area (Å²) in [4.78, 5) is 20.4. The van der Waals surface area contributed by atoms with Gasteiger partial charge in [-0.1, -0.05) is 30.3 Å². The predicted octanol–water partition coefficient (Wildman–Crippen LogP) is -1.86. The Hall–Kier alpha value is -2.70. The van der Waals surface area contributed by atoms with Crippen LogP contribution in [0.2, 0.25) is 0 Å². The number of nitrogens with zero attached hydrogens (tertiary/aromatic N) is 2. The molecule has 29 heavy (non-hydrogen) atoms. The zero-order chi connectivity index (χ0) is 20.5. The number of nitrogen functional groups attached to an aromatic ring is 1. The number of hydrogen-bond acceptors (Lipinski definition) is 10. The van der Waals surface area contributed by atoms with Crippen molar-refractivity contribution < 1.29 is 20.1 Å². The molecule has 0 unspecified atom stereocenters. The van der Waals surface area contributed by atoms with Crippen molar-refractivity contribution in [3.63, 3.8) is 0 Å². The van der Waals surface area contributed by atoms with Crippen LogP contribution in [0.5, 0.6) is 0 Å². The van der Waals surface area contributed by atoms with Crippen molar-refractivity contribution in [2.75, 3.05) is 29.1 Å². The van der Waals surface area contributed by atoms with Crippen LogP contribution in [0.4, 0.5) is 17.5 Å². The van der Waals surface area contributed by atoms with Crippen LogP contribution in [0.3, 0.4) is 0 Å². The van der Waals surface area contributed by atoms with E-state index in [4.69, 9.17) is 10.5 Å². The van der Waals surface area contributed by atoms with Crippen LogP contribution in [0.1, 0.15) is 5.56 Å². The van der Waals surface area contributed by atoms with Gasteiger partial charge in [-0.3, -0.25) is 20.0 Å². The quantitative estimate of drug-likeness (QED) is 0.290. The van der Waals surface area contributed by atoms with E-state index in [1.165, 1.54) is 4.90 Å². The third-order valence-corrected chi connectivity index (χ3v) is 5.11. The second kappa shape index (κ2) is 7.97. The van der Waals surface area contributed by atoms with Crippen molar-refractivity contribution in [2.24, 2.45) is 0 Å². The first-order valence-corrected chi connectivity index (χ1v) is 9.34. The molecule has 2 aliphatic heterocycles. The van der Waals surface area contributed by atoms with E-state index < -0.39 is 43.0 Å². The Morgan fingerprint density at radius 1 is 1.24 bits per heavy atom. The number of aliphatic hydroxyl groups is 3. The monoisotopic (exact) mass is 404 g/mol. The molecule has 5 atom stereocenters. The maximum absolute atomic E-state index is 12.3. The number of benzene rings is 1. The number of nitrogens with one attached hydrogen (secondary N) is 3.